The van der Waals surface area contributed by atoms with Gasteiger partial charge in [0.15, 0.2) is 0 Å². The number of aryl methyl sites for hydroxylation is 1. The zero-order valence-corrected chi connectivity index (χ0v) is 14.5. The number of imidazole rings is 1. The van der Waals surface area contributed by atoms with Crippen LogP contribution in [0, 0.1) is 0 Å². The average molecular weight is 352 g/mol. The molecule has 1 aliphatic heterocycles. The number of amides is 1. The van der Waals surface area contributed by atoms with Gasteiger partial charge in [-0.1, -0.05) is 11.6 Å². The molecule has 130 valence electrons. The number of methoxy groups -OCH3 is 1. The van der Waals surface area contributed by atoms with Gasteiger partial charge in [0, 0.05) is 44.3 Å². The van der Waals surface area contributed by atoms with Crippen LogP contribution in [0.25, 0.3) is 11.0 Å². The topological polar surface area (TPSA) is 67.6 Å². The van der Waals surface area contributed by atoms with Crippen molar-refractivity contribution in [3.8, 4) is 0 Å². The molecule has 0 radical (unpaired) electrons. The molecule has 24 heavy (non-hydrogen) atoms. The molecule has 7 heteroatoms. The fourth-order valence-corrected chi connectivity index (χ4v) is 3.56. The van der Waals surface area contributed by atoms with Crippen molar-refractivity contribution in [2.24, 2.45) is 0 Å². The van der Waals surface area contributed by atoms with Crippen LogP contribution >= 0.6 is 11.6 Å². The molecule has 0 spiro atoms. The first-order chi connectivity index (χ1) is 11.6. The Morgan fingerprint density at radius 1 is 1.50 bits per heavy atom. The highest BCUT2D eigenvalue weighted by Gasteiger charge is 2.28. The number of fused-ring (bicyclic) bond motifs is 1. The van der Waals surface area contributed by atoms with Crippen LogP contribution in [0.3, 0.4) is 0 Å². The maximum atomic E-state index is 11.3. The minimum absolute atomic E-state index is 0.114. The van der Waals surface area contributed by atoms with E-state index in [2.05, 4.69) is 4.57 Å². The number of ether oxygens (including phenoxy) is 1. The highest BCUT2D eigenvalue weighted by molar-refractivity contribution is 6.31. The van der Waals surface area contributed by atoms with Crippen molar-refractivity contribution in [3.63, 3.8) is 0 Å². The number of piperidine rings is 1. The quantitative estimate of drug-likeness (QED) is 0.836. The Labute approximate surface area is 146 Å². The van der Waals surface area contributed by atoms with Crippen molar-refractivity contribution in [2.45, 2.75) is 31.7 Å². The van der Waals surface area contributed by atoms with Gasteiger partial charge in [0.05, 0.1) is 11.0 Å². The van der Waals surface area contributed by atoms with Gasteiger partial charge in [-0.15, -0.1) is 0 Å². The Morgan fingerprint density at radius 2 is 2.33 bits per heavy atom. The first kappa shape index (κ1) is 17.0. The van der Waals surface area contributed by atoms with Crippen LogP contribution in [-0.2, 0) is 11.3 Å². The van der Waals surface area contributed by atoms with Gasteiger partial charge in [-0.2, -0.15) is 0 Å². The second kappa shape index (κ2) is 7.40. The van der Waals surface area contributed by atoms with Gasteiger partial charge in [-0.05, 0) is 37.5 Å². The van der Waals surface area contributed by atoms with Crippen LogP contribution in [-0.4, -0.2) is 52.5 Å². The molecular weight excluding hydrogens is 330 g/mol. The van der Waals surface area contributed by atoms with Crippen molar-refractivity contribution in [2.75, 3.05) is 26.8 Å². The van der Waals surface area contributed by atoms with E-state index < -0.39 is 6.09 Å². The maximum absolute atomic E-state index is 11.3. The minimum Gasteiger partial charge on any atom is -0.465 e. The molecule has 1 saturated heterocycles. The third-order valence-corrected chi connectivity index (χ3v) is 4.76. The van der Waals surface area contributed by atoms with Crippen LogP contribution in [0.4, 0.5) is 4.79 Å². The van der Waals surface area contributed by atoms with Crippen molar-refractivity contribution in [1.82, 2.24) is 14.5 Å². The lowest BCUT2D eigenvalue weighted by atomic mass is 9.97. The molecule has 1 fully saturated rings. The van der Waals surface area contributed by atoms with Gasteiger partial charge >= 0.3 is 6.09 Å². The van der Waals surface area contributed by atoms with Gasteiger partial charge in [-0.3, -0.25) is 0 Å². The zero-order chi connectivity index (χ0) is 17.1. The van der Waals surface area contributed by atoms with E-state index in [0.29, 0.717) is 24.7 Å². The molecule has 1 unspecified atom stereocenters. The lowest BCUT2D eigenvalue weighted by Crippen LogP contribution is -2.38. The third-order valence-electron chi connectivity index (χ3n) is 4.53. The van der Waals surface area contributed by atoms with Crippen LogP contribution in [0.15, 0.2) is 18.2 Å². The number of aromatic nitrogens is 2. The summed E-state index contributed by atoms with van der Waals surface area (Å²) in [5.74, 6) is 1.07. The van der Waals surface area contributed by atoms with E-state index in [1.165, 1.54) is 4.90 Å². The van der Waals surface area contributed by atoms with Crippen molar-refractivity contribution < 1.29 is 14.6 Å². The largest absolute Gasteiger partial charge is 0.465 e. The Morgan fingerprint density at radius 3 is 3.08 bits per heavy atom. The molecule has 1 N–H and O–H groups in total. The molecule has 1 atom stereocenters. The minimum atomic E-state index is -0.857. The number of hydrogen-bond acceptors (Lipinski definition) is 3. The van der Waals surface area contributed by atoms with Gasteiger partial charge in [0.1, 0.15) is 5.82 Å². The highest BCUT2D eigenvalue weighted by Crippen LogP contribution is 2.30. The number of likely N-dealkylation sites (tertiary alicyclic amines) is 1. The first-order valence-electron chi connectivity index (χ1n) is 8.22. The maximum Gasteiger partial charge on any atom is 0.407 e. The molecule has 6 nitrogen and oxygen atoms in total. The Kier molecular flexibility index (Phi) is 5.26. The molecule has 0 aliphatic carbocycles. The summed E-state index contributed by atoms with van der Waals surface area (Å²) in [7, 11) is 1.69. The molecule has 2 heterocycles. The van der Waals surface area contributed by atoms with Gasteiger partial charge < -0.3 is 19.3 Å². The molecule has 2 aromatic rings. The second-order valence-electron chi connectivity index (χ2n) is 6.17. The summed E-state index contributed by atoms with van der Waals surface area (Å²) in [4.78, 5) is 17.6. The number of rotatable bonds is 5. The Balaban J connectivity index is 1.96. The van der Waals surface area contributed by atoms with Crippen LogP contribution in [0.1, 0.15) is 31.0 Å². The van der Waals surface area contributed by atoms with E-state index in [-0.39, 0.29) is 5.92 Å². The monoisotopic (exact) mass is 351 g/mol. The summed E-state index contributed by atoms with van der Waals surface area (Å²) in [6.45, 7) is 2.55. The SMILES string of the molecule is COCCCn1c(C2CCCN(C(=O)O)C2)nc2ccc(Cl)cc21. The number of benzene rings is 1. The molecular formula is C17H22ClN3O3. The summed E-state index contributed by atoms with van der Waals surface area (Å²) in [6, 6.07) is 5.69. The van der Waals surface area contributed by atoms with Gasteiger partial charge in [-0.25, -0.2) is 9.78 Å². The van der Waals surface area contributed by atoms with Crippen molar-refractivity contribution >= 4 is 28.7 Å². The lowest BCUT2D eigenvalue weighted by Gasteiger charge is -2.30. The fraction of sp³-hybridized carbons (Fsp3) is 0.529. The van der Waals surface area contributed by atoms with Crippen LogP contribution < -0.4 is 0 Å². The lowest BCUT2D eigenvalue weighted by molar-refractivity contribution is 0.129. The molecule has 1 amide bonds. The van der Waals surface area contributed by atoms with E-state index in [0.717, 1.165) is 42.7 Å². The van der Waals surface area contributed by atoms with Crippen LogP contribution in [0.2, 0.25) is 5.02 Å². The third kappa shape index (κ3) is 3.49. The number of carbonyl (C=O) groups is 1. The van der Waals surface area contributed by atoms with Gasteiger partial charge in [0.25, 0.3) is 0 Å². The van der Waals surface area contributed by atoms with Crippen LogP contribution in [0.5, 0.6) is 0 Å². The number of carboxylic acid groups (broad SMARTS) is 1. The summed E-state index contributed by atoms with van der Waals surface area (Å²) in [5.41, 5.74) is 1.90. The summed E-state index contributed by atoms with van der Waals surface area (Å²) < 4.78 is 7.34. The van der Waals surface area contributed by atoms with E-state index >= 15 is 0 Å². The Bertz CT molecular complexity index is 731. The molecule has 1 aliphatic rings. The molecule has 1 aromatic heterocycles. The molecule has 1 aromatic carbocycles. The number of halogens is 1. The summed E-state index contributed by atoms with van der Waals surface area (Å²) >= 11 is 6.16. The van der Waals surface area contributed by atoms with Crippen molar-refractivity contribution in [1.29, 1.82) is 0 Å². The zero-order valence-electron chi connectivity index (χ0n) is 13.7. The normalized spacial score (nSPS) is 18.2. The second-order valence-corrected chi connectivity index (χ2v) is 6.61. The van der Waals surface area contributed by atoms with E-state index in [9.17, 15) is 9.90 Å². The van der Waals surface area contributed by atoms with Crippen molar-refractivity contribution in [3.05, 3.63) is 29.0 Å². The average Bonchev–Trinajstić information content (AvgIpc) is 2.93. The van der Waals surface area contributed by atoms with E-state index in [4.69, 9.17) is 21.3 Å². The van der Waals surface area contributed by atoms with Gasteiger partial charge in [0.2, 0.25) is 0 Å². The molecule has 0 saturated carbocycles. The molecule has 3 rings (SSSR count). The fourth-order valence-electron chi connectivity index (χ4n) is 3.39. The highest BCUT2D eigenvalue weighted by atomic mass is 35.5. The molecule has 0 bridgehead atoms. The smallest absolute Gasteiger partial charge is 0.407 e. The predicted molar refractivity (Wildman–Crippen MR) is 92.8 cm³/mol. The van der Waals surface area contributed by atoms with E-state index in [1.54, 1.807) is 7.11 Å². The number of hydrogen-bond donors (Lipinski definition) is 1. The first-order valence-corrected chi connectivity index (χ1v) is 8.60. The Hall–Kier alpha value is -1.79. The standard InChI is InChI=1S/C17H22ClN3O3/c1-24-9-3-8-21-15-10-13(18)5-6-14(15)19-16(21)12-4-2-7-20(11-12)17(22)23/h5-6,10,12H,2-4,7-9,11H2,1H3,(H,22,23). The number of nitrogens with zero attached hydrogens (tertiary/aromatic N) is 3. The van der Waals surface area contributed by atoms with E-state index in [1.807, 2.05) is 18.2 Å². The summed E-state index contributed by atoms with van der Waals surface area (Å²) in [6.07, 6.45) is 1.82. The predicted octanol–water partition coefficient (Wildman–Crippen LogP) is 3.58. The summed E-state index contributed by atoms with van der Waals surface area (Å²) in [5, 5.41) is 9.96.